The Morgan fingerprint density at radius 2 is 1.92 bits per heavy atom. The van der Waals surface area contributed by atoms with Crippen molar-refractivity contribution in [3.05, 3.63) is 23.3 Å². The van der Waals surface area contributed by atoms with E-state index >= 15 is 0 Å². The highest BCUT2D eigenvalue weighted by Gasteiger charge is 2.36. The molecule has 24 heavy (non-hydrogen) atoms. The lowest BCUT2D eigenvalue weighted by Crippen LogP contribution is -2.39. The second-order valence-electron chi connectivity index (χ2n) is 6.45. The van der Waals surface area contributed by atoms with Crippen molar-refractivity contribution in [3.8, 4) is 0 Å². The van der Waals surface area contributed by atoms with Gasteiger partial charge in [0.1, 0.15) is 5.69 Å². The summed E-state index contributed by atoms with van der Waals surface area (Å²) in [7, 11) is 3.46. The second-order valence-corrected chi connectivity index (χ2v) is 6.45. The molecule has 2 rings (SSSR count). The zero-order valence-electron chi connectivity index (χ0n) is 14.2. The minimum Gasteiger partial charge on any atom is -0.337 e. The van der Waals surface area contributed by atoms with Crippen LogP contribution < -0.4 is 0 Å². The molecule has 8 heteroatoms. The molecule has 1 aromatic heterocycles. The first-order chi connectivity index (χ1) is 11.2. The standard InChI is InChI=1S/C16H23F3N4O/c1-4-11-5-7-23(8-6-11)14(24)13-9-12(10-22(2)3)20-15(21-13)16(17,18)19/h9,11H,4-8,10H2,1-3H3. The molecule has 0 aromatic carbocycles. The molecule has 0 atom stereocenters. The van der Waals surface area contributed by atoms with E-state index in [0.29, 0.717) is 19.0 Å². The summed E-state index contributed by atoms with van der Waals surface area (Å²) in [6, 6.07) is 1.36. The Labute approximate surface area is 139 Å². The predicted octanol–water partition coefficient (Wildman–Crippen LogP) is 2.82. The van der Waals surface area contributed by atoms with Gasteiger partial charge in [-0.25, -0.2) is 9.97 Å². The number of carbonyl (C=O) groups excluding carboxylic acids is 1. The fraction of sp³-hybridized carbons (Fsp3) is 0.688. The number of amides is 1. The summed E-state index contributed by atoms with van der Waals surface area (Å²) in [5.74, 6) is -1.12. The van der Waals surface area contributed by atoms with Gasteiger partial charge in [-0.05, 0) is 38.9 Å². The van der Waals surface area contributed by atoms with Crippen molar-refractivity contribution < 1.29 is 18.0 Å². The number of rotatable bonds is 4. The van der Waals surface area contributed by atoms with Gasteiger partial charge in [0.05, 0.1) is 5.69 Å². The third kappa shape index (κ3) is 4.66. The van der Waals surface area contributed by atoms with Crippen LogP contribution in [0.25, 0.3) is 0 Å². The van der Waals surface area contributed by atoms with Crippen molar-refractivity contribution in [1.82, 2.24) is 19.8 Å². The Balaban J connectivity index is 2.26. The molecule has 1 aromatic rings. The fourth-order valence-corrected chi connectivity index (χ4v) is 2.85. The van der Waals surface area contributed by atoms with Gasteiger partial charge in [-0.1, -0.05) is 13.3 Å². The van der Waals surface area contributed by atoms with Crippen molar-refractivity contribution in [2.24, 2.45) is 5.92 Å². The summed E-state index contributed by atoms with van der Waals surface area (Å²) >= 11 is 0. The molecule has 2 heterocycles. The number of carbonyl (C=O) groups is 1. The van der Waals surface area contributed by atoms with E-state index in [2.05, 4.69) is 16.9 Å². The van der Waals surface area contributed by atoms with Crippen LogP contribution in [-0.2, 0) is 12.7 Å². The van der Waals surface area contributed by atoms with Crippen molar-refractivity contribution in [2.75, 3.05) is 27.2 Å². The Morgan fingerprint density at radius 1 is 1.29 bits per heavy atom. The third-order valence-corrected chi connectivity index (χ3v) is 4.21. The number of likely N-dealkylation sites (tertiary alicyclic amines) is 1. The number of hydrogen-bond acceptors (Lipinski definition) is 4. The second kappa shape index (κ2) is 7.46. The summed E-state index contributed by atoms with van der Waals surface area (Å²) in [6.07, 6.45) is -1.86. The average Bonchev–Trinajstić information content (AvgIpc) is 2.52. The topological polar surface area (TPSA) is 49.3 Å². The van der Waals surface area contributed by atoms with Gasteiger partial charge in [0, 0.05) is 19.6 Å². The molecule has 5 nitrogen and oxygen atoms in total. The average molecular weight is 344 g/mol. The first-order valence-electron chi connectivity index (χ1n) is 8.09. The van der Waals surface area contributed by atoms with E-state index in [4.69, 9.17) is 0 Å². The molecule has 134 valence electrons. The molecule has 0 radical (unpaired) electrons. The highest BCUT2D eigenvalue weighted by atomic mass is 19.4. The maximum atomic E-state index is 13.0. The highest BCUT2D eigenvalue weighted by Crippen LogP contribution is 2.27. The molecule has 0 unspecified atom stereocenters. The molecule has 0 bridgehead atoms. The summed E-state index contributed by atoms with van der Waals surface area (Å²) in [6.45, 7) is 3.44. The number of aromatic nitrogens is 2. The zero-order valence-corrected chi connectivity index (χ0v) is 14.2. The van der Waals surface area contributed by atoms with E-state index in [0.717, 1.165) is 19.3 Å². The maximum Gasteiger partial charge on any atom is 0.451 e. The van der Waals surface area contributed by atoms with Crippen LogP contribution in [0.15, 0.2) is 6.07 Å². The van der Waals surface area contributed by atoms with Crippen LogP contribution in [0.5, 0.6) is 0 Å². The van der Waals surface area contributed by atoms with Gasteiger partial charge in [0.25, 0.3) is 5.91 Å². The molecule has 0 spiro atoms. The van der Waals surface area contributed by atoms with E-state index in [1.54, 1.807) is 23.9 Å². The molecule has 1 aliphatic heterocycles. The third-order valence-electron chi connectivity index (χ3n) is 4.21. The lowest BCUT2D eigenvalue weighted by molar-refractivity contribution is -0.145. The van der Waals surface area contributed by atoms with Gasteiger partial charge in [0.2, 0.25) is 5.82 Å². The van der Waals surface area contributed by atoms with Crippen LogP contribution in [0.1, 0.15) is 48.2 Å². The summed E-state index contributed by atoms with van der Waals surface area (Å²) in [4.78, 5) is 22.9. The van der Waals surface area contributed by atoms with E-state index in [1.807, 2.05) is 0 Å². The highest BCUT2D eigenvalue weighted by molar-refractivity contribution is 5.92. The largest absolute Gasteiger partial charge is 0.451 e. The van der Waals surface area contributed by atoms with E-state index in [-0.39, 0.29) is 17.9 Å². The summed E-state index contributed by atoms with van der Waals surface area (Å²) in [5.41, 5.74) is 0.0123. The Hall–Kier alpha value is -1.70. The number of piperidine rings is 1. The Morgan fingerprint density at radius 3 is 2.42 bits per heavy atom. The van der Waals surface area contributed by atoms with Gasteiger partial charge >= 0.3 is 6.18 Å². The fourth-order valence-electron chi connectivity index (χ4n) is 2.85. The van der Waals surface area contributed by atoms with Gasteiger partial charge < -0.3 is 9.80 Å². The van der Waals surface area contributed by atoms with Crippen LogP contribution in [0.3, 0.4) is 0 Å². The molecular weight excluding hydrogens is 321 g/mol. The van der Waals surface area contributed by atoms with Crippen LogP contribution in [0, 0.1) is 5.92 Å². The predicted molar refractivity (Wildman–Crippen MR) is 83.3 cm³/mol. The molecule has 1 saturated heterocycles. The van der Waals surface area contributed by atoms with Crippen LogP contribution in [-0.4, -0.2) is 52.9 Å². The van der Waals surface area contributed by atoms with Crippen LogP contribution in [0.4, 0.5) is 13.2 Å². The normalized spacial score (nSPS) is 16.7. The lowest BCUT2D eigenvalue weighted by Gasteiger charge is -2.31. The van der Waals surface area contributed by atoms with Crippen molar-refractivity contribution in [2.45, 2.75) is 38.9 Å². The zero-order chi connectivity index (χ0) is 17.9. The minimum absolute atomic E-state index is 0.177. The summed E-state index contributed by atoms with van der Waals surface area (Å²) < 4.78 is 39.1. The number of hydrogen-bond donors (Lipinski definition) is 0. The number of nitrogens with zero attached hydrogens (tertiary/aromatic N) is 4. The van der Waals surface area contributed by atoms with Crippen LogP contribution >= 0.6 is 0 Å². The van der Waals surface area contributed by atoms with E-state index < -0.39 is 17.9 Å². The first kappa shape index (κ1) is 18.6. The van der Waals surface area contributed by atoms with Crippen molar-refractivity contribution in [1.29, 1.82) is 0 Å². The van der Waals surface area contributed by atoms with Crippen molar-refractivity contribution >= 4 is 5.91 Å². The minimum atomic E-state index is -4.67. The van der Waals surface area contributed by atoms with E-state index in [1.165, 1.54) is 6.07 Å². The molecule has 1 amide bonds. The maximum absolute atomic E-state index is 13.0. The lowest BCUT2D eigenvalue weighted by atomic mass is 9.94. The van der Waals surface area contributed by atoms with Gasteiger partial charge in [-0.3, -0.25) is 4.79 Å². The quantitative estimate of drug-likeness (QED) is 0.843. The molecule has 1 fully saturated rings. The molecule has 1 aliphatic rings. The SMILES string of the molecule is CCC1CCN(C(=O)c2cc(CN(C)C)nc(C(F)(F)F)n2)CC1. The smallest absolute Gasteiger partial charge is 0.337 e. The van der Waals surface area contributed by atoms with Crippen molar-refractivity contribution in [3.63, 3.8) is 0 Å². The van der Waals surface area contributed by atoms with Gasteiger partial charge in [-0.15, -0.1) is 0 Å². The van der Waals surface area contributed by atoms with Crippen LogP contribution in [0.2, 0.25) is 0 Å². The molecule has 0 N–H and O–H groups in total. The van der Waals surface area contributed by atoms with E-state index in [9.17, 15) is 18.0 Å². The first-order valence-corrected chi connectivity index (χ1v) is 8.09. The van der Waals surface area contributed by atoms with Gasteiger partial charge in [0.15, 0.2) is 0 Å². The Kier molecular flexibility index (Phi) is 5.79. The molecule has 0 aliphatic carbocycles. The van der Waals surface area contributed by atoms with Gasteiger partial charge in [-0.2, -0.15) is 13.2 Å². The monoisotopic (exact) mass is 344 g/mol. The molecular formula is C16H23F3N4O. The Bertz CT molecular complexity index is 581. The summed E-state index contributed by atoms with van der Waals surface area (Å²) in [5, 5.41) is 0. The molecule has 0 saturated carbocycles. The number of alkyl halides is 3. The number of halogens is 3.